The summed E-state index contributed by atoms with van der Waals surface area (Å²) >= 11 is 5.63. The van der Waals surface area contributed by atoms with E-state index >= 15 is 0 Å². The lowest BCUT2D eigenvalue weighted by Crippen LogP contribution is -1.94. The summed E-state index contributed by atoms with van der Waals surface area (Å²) in [5.74, 6) is 3.19. The molecule has 0 aliphatic rings. The van der Waals surface area contributed by atoms with Crippen LogP contribution in [0.15, 0.2) is 22.6 Å². The van der Waals surface area contributed by atoms with Gasteiger partial charge in [-0.2, -0.15) is 0 Å². The number of aromatic nitrogens is 2. The summed E-state index contributed by atoms with van der Waals surface area (Å²) in [5.41, 5.74) is 1.02. The van der Waals surface area contributed by atoms with Crippen molar-refractivity contribution in [2.45, 2.75) is 19.3 Å². The Morgan fingerprint density at radius 1 is 1.10 bits per heavy atom. The Morgan fingerprint density at radius 3 is 2.55 bits per heavy atom. The van der Waals surface area contributed by atoms with E-state index in [1.807, 2.05) is 18.2 Å². The number of hydrogen-bond acceptors (Lipinski definition) is 5. The average molecular weight is 297 g/mol. The van der Waals surface area contributed by atoms with Gasteiger partial charge in [-0.15, -0.1) is 21.8 Å². The molecular formula is C14H17ClN2O3. The SMILES string of the molecule is COc1ccc(Cc2nnc(CCCCl)o2)cc1OC. The molecule has 0 atom stereocenters. The van der Waals surface area contributed by atoms with Gasteiger partial charge in [-0.3, -0.25) is 0 Å². The molecule has 2 rings (SSSR count). The summed E-state index contributed by atoms with van der Waals surface area (Å²) in [7, 11) is 3.22. The number of benzene rings is 1. The average Bonchev–Trinajstić information content (AvgIpc) is 2.92. The van der Waals surface area contributed by atoms with Crippen LogP contribution in [-0.2, 0) is 12.8 Å². The molecule has 0 radical (unpaired) electrons. The van der Waals surface area contributed by atoms with Crippen LogP contribution in [0.4, 0.5) is 0 Å². The minimum atomic E-state index is 0.564. The molecule has 6 heteroatoms. The lowest BCUT2D eigenvalue weighted by atomic mass is 10.1. The topological polar surface area (TPSA) is 57.4 Å². The van der Waals surface area contributed by atoms with E-state index in [4.69, 9.17) is 25.5 Å². The van der Waals surface area contributed by atoms with Gasteiger partial charge in [0.25, 0.3) is 0 Å². The van der Waals surface area contributed by atoms with E-state index in [0.717, 1.165) is 12.0 Å². The van der Waals surface area contributed by atoms with Crippen molar-refractivity contribution in [2.75, 3.05) is 20.1 Å². The summed E-state index contributed by atoms with van der Waals surface area (Å²) in [6.07, 6.45) is 2.11. The number of nitrogens with zero attached hydrogens (tertiary/aromatic N) is 2. The minimum Gasteiger partial charge on any atom is -0.493 e. The zero-order valence-corrected chi connectivity index (χ0v) is 12.3. The van der Waals surface area contributed by atoms with Crippen molar-refractivity contribution >= 4 is 11.6 Å². The van der Waals surface area contributed by atoms with Gasteiger partial charge < -0.3 is 13.9 Å². The van der Waals surface area contributed by atoms with Crippen molar-refractivity contribution in [2.24, 2.45) is 0 Å². The van der Waals surface area contributed by atoms with Crippen LogP contribution in [0.3, 0.4) is 0 Å². The highest BCUT2D eigenvalue weighted by Gasteiger charge is 2.09. The van der Waals surface area contributed by atoms with Crippen molar-refractivity contribution < 1.29 is 13.9 Å². The minimum absolute atomic E-state index is 0.564. The van der Waals surface area contributed by atoms with Crippen LogP contribution in [0.5, 0.6) is 11.5 Å². The predicted molar refractivity (Wildman–Crippen MR) is 75.7 cm³/mol. The highest BCUT2D eigenvalue weighted by atomic mass is 35.5. The summed E-state index contributed by atoms with van der Waals surface area (Å²) in [4.78, 5) is 0. The number of alkyl halides is 1. The number of hydrogen-bond donors (Lipinski definition) is 0. The van der Waals surface area contributed by atoms with E-state index in [9.17, 15) is 0 Å². The van der Waals surface area contributed by atoms with Crippen LogP contribution in [0.1, 0.15) is 23.8 Å². The Kier molecular flexibility index (Phi) is 5.24. The van der Waals surface area contributed by atoms with Crippen LogP contribution >= 0.6 is 11.6 Å². The van der Waals surface area contributed by atoms with Gasteiger partial charge in [0.2, 0.25) is 11.8 Å². The second kappa shape index (κ2) is 7.14. The zero-order valence-electron chi connectivity index (χ0n) is 11.6. The first-order valence-corrected chi connectivity index (χ1v) is 6.88. The Balaban J connectivity index is 2.07. The molecule has 0 fully saturated rings. The maximum Gasteiger partial charge on any atom is 0.220 e. The fraction of sp³-hybridized carbons (Fsp3) is 0.429. The van der Waals surface area contributed by atoms with Gasteiger partial charge in [-0.1, -0.05) is 6.07 Å². The molecule has 108 valence electrons. The van der Waals surface area contributed by atoms with Crippen LogP contribution < -0.4 is 9.47 Å². The van der Waals surface area contributed by atoms with Crippen LogP contribution in [0.2, 0.25) is 0 Å². The van der Waals surface area contributed by atoms with Gasteiger partial charge >= 0.3 is 0 Å². The summed E-state index contributed by atoms with van der Waals surface area (Å²) < 4.78 is 16.0. The van der Waals surface area contributed by atoms with Gasteiger partial charge in [0.05, 0.1) is 20.6 Å². The smallest absolute Gasteiger partial charge is 0.220 e. The van der Waals surface area contributed by atoms with Gasteiger partial charge in [0, 0.05) is 12.3 Å². The van der Waals surface area contributed by atoms with Gasteiger partial charge in [-0.25, -0.2) is 0 Å². The molecular weight excluding hydrogens is 280 g/mol. The van der Waals surface area contributed by atoms with Crippen LogP contribution in [-0.4, -0.2) is 30.3 Å². The molecule has 20 heavy (non-hydrogen) atoms. The molecule has 0 bridgehead atoms. The van der Waals surface area contributed by atoms with E-state index < -0.39 is 0 Å². The van der Waals surface area contributed by atoms with Crippen molar-refractivity contribution in [3.05, 3.63) is 35.5 Å². The second-order valence-electron chi connectivity index (χ2n) is 4.25. The quantitative estimate of drug-likeness (QED) is 0.735. The monoisotopic (exact) mass is 296 g/mol. The predicted octanol–water partition coefficient (Wildman–Crippen LogP) is 2.85. The Morgan fingerprint density at radius 2 is 1.85 bits per heavy atom. The van der Waals surface area contributed by atoms with E-state index in [2.05, 4.69) is 10.2 Å². The molecule has 5 nitrogen and oxygen atoms in total. The first kappa shape index (κ1) is 14.7. The fourth-order valence-corrected chi connectivity index (χ4v) is 1.98. The summed E-state index contributed by atoms with van der Waals surface area (Å²) in [6.45, 7) is 0. The Hall–Kier alpha value is -1.75. The van der Waals surface area contributed by atoms with Crippen molar-refractivity contribution in [1.29, 1.82) is 0 Å². The molecule has 0 saturated heterocycles. The third-order valence-electron chi connectivity index (χ3n) is 2.84. The van der Waals surface area contributed by atoms with Gasteiger partial charge in [-0.05, 0) is 24.1 Å². The molecule has 0 N–H and O–H groups in total. The number of methoxy groups -OCH3 is 2. The molecule has 2 aromatic rings. The molecule has 0 unspecified atom stereocenters. The summed E-state index contributed by atoms with van der Waals surface area (Å²) in [5, 5.41) is 8.03. The molecule has 1 heterocycles. The first-order chi connectivity index (χ1) is 9.76. The molecule has 0 saturated carbocycles. The van der Waals surface area contributed by atoms with Crippen LogP contribution in [0, 0.1) is 0 Å². The largest absolute Gasteiger partial charge is 0.493 e. The molecule has 0 aliphatic heterocycles. The van der Waals surface area contributed by atoms with Gasteiger partial charge in [0.1, 0.15) is 0 Å². The number of aryl methyl sites for hydroxylation is 1. The Labute approximate surface area is 122 Å². The van der Waals surface area contributed by atoms with E-state index in [0.29, 0.717) is 42.0 Å². The maximum absolute atomic E-state index is 5.63. The van der Waals surface area contributed by atoms with E-state index in [1.54, 1.807) is 14.2 Å². The first-order valence-electron chi connectivity index (χ1n) is 6.35. The molecule has 1 aromatic heterocycles. The Bertz CT molecular complexity index is 557. The molecule has 0 amide bonds. The zero-order chi connectivity index (χ0) is 14.4. The summed E-state index contributed by atoms with van der Waals surface area (Å²) in [6, 6.07) is 5.71. The number of rotatable bonds is 7. The standard InChI is InChI=1S/C14H17ClN2O3/c1-18-11-6-5-10(8-12(11)19-2)9-14-17-16-13(20-14)4-3-7-15/h5-6,8H,3-4,7,9H2,1-2H3. The highest BCUT2D eigenvalue weighted by Crippen LogP contribution is 2.28. The molecule has 1 aromatic carbocycles. The van der Waals surface area contributed by atoms with Crippen molar-refractivity contribution in [3.8, 4) is 11.5 Å². The third kappa shape index (κ3) is 3.63. The highest BCUT2D eigenvalue weighted by molar-refractivity contribution is 6.17. The molecule has 0 aliphatic carbocycles. The van der Waals surface area contributed by atoms with Crippen molar-refractivity contribution in [1.82, 2.24) is 10.2 Å². The lowest BCUT2D eigenvalue weighted by molar-refractivity contribution is 0.354. The normalized spacial score (nSPS) is 10.6. The van der Waals surface area contributed by atoms with Gasteiger partial charge in [0.15, 0.2) is 11.5 Å². The lowest BCUT2D eigenvalue weighted by Gasteiger charge is -2.08. The van der Waals surface area contributed by atoms with E-state index in [1.165, 1.54) is 0 Å². The molecule has 0 spiro atoms. The fourth-order valence-electron chi connectivity index (χ4n) is 1.84. The van der Waals surface area contributed by atoms with Crippen molar-refractivity contribution in [3.63, 3.8) is 0 Å². The maximum atomic E-state index is 5.63. The number of ether oxygens (including phenoxy) is 2. The van der Waals surface area contributed by atoms with E-state index in [-0.39, 0.29) is 0 Å². The third-order valence-corrected chi connectivity index (χ3v) is 3.10. The van der Waals surface area contributed by atoms with Crippen LogP contribution in [0.25, 0.3) is 0 Å². The number of halogens is 1. The second-order valence-corrected chi connectivity index (χ2v) is 4.63.